The monoisotopic (exact) mass is 353 g/mol. The highest BCUT2D eigenvalue weighted by molar-refractivity contribution is 6.31. The number of morpholine rings is 1. The van der Waals surface area contributed by atoms with E-state index < -0.39 is 11.9 Å². The highest BCUT2D eigenvalue weighted by Crippen LogP contribution is 2.18. The number of aliphatic hydroxyl groups is 1. The van der Waals surface area contributed by atoms with E-state index in [1.54, 1.807) is 36.1 Å². The van der Waals surface area contributed by atoms with E-state index in [0.717, 1.165) is 0 Å². The molecule has 130 valence electrons. The molecule has 1 fully saturated rings. The average Bonchev–Trinajstić information content (AvgIpc) is 2.56. The van der Waals surface area contributed by atoms with Crippen LogP contribution in [0.4, 0.5) is 5.69 Å². The fourth-order valence-corrected chi connectivity index (χ4v) is 2.41. The first kappa shape index (κ1) is 18.1. The molecule has 0 spiro atoms. The van der Waals surface area contributed by atoms with Gasteiger partial charge in [0.15, 0.2) is 5.57 Å². The zero-order valence-corrected chi connectivity index (χ0v) is 14.1. The van der Waals surface area contributed by atoms with Crippen molar-refractivity contribution in [2.24, 2.45) is 0 Å². The third-order valence-electron chi connectivity index (χ3n) is 3.37. The summed E-state index contributed by atoms with van der Waals surface area (Å²) in [6.07, 6.45) is 0. The lowest BCUT2D eigenvalue weighted by Gasteiger charge is -2.29. The molecule has 7 nitrogen and oxygen atoms in total. The molecular weight excluding hydrogens is 334 g/mol. The minimum Gasteiger partial charge on any atom is -0.480 e. The van der Waals surface area contributed by atoms with Crippen molar-refractivity contribution < 1.29 is 19.4 Å². The Morgan fingerprint density at radius 3 is 2.79 bits per heavy atom. The Hall–Kier alpha value is -2.25. The number of carbonyl (C=O) groups is 1. The number of amidine groups is 1. The van der Waals surface area contributed by atoms with Crippen LogP contribution in [0.3, 0.4) is 0 Å². The zero-order valence-electron chi connectivity index (χ0n) is 13.3. The van der Waals surface area contributed by atoms with Crippen LogP contribution in [-0.2, 0) is 14.3 Å². The molecule has 0 saturated carbocycles. The van der Waals surface area contributed by atoms with Gasteiger partial charge < -0.3 is 24.8 Å². The first-order chi connectivity index (χ1) is 11.5. The lowest BCUT2D eigenvalue weighted by Crippen LogP contribution is -2.43. The van der Waals surface area contributed by atoms with Gasteiger partial charge in [-0.2, -0.15) is 0 Å². The Bertz CT molecular complexity index is 642. The zero-order chi connectivity index (χ0) is 17.5. The Kier molecular flexibility index (Phi) is 6.45. The fraction of sp³-hybridized carbons (Fsp3) is 0.375. The van der Waals surface area contributed by atoms with E-state index in [0.29, 0.717) is 37.0 Å². The SMILES string of the molecule is CCOC(O)=C(C(=N)N1CCOCC1)C(=O)Nc1cccc(Cl)c1. The van der Waals surface area contributed by atoms with Crippen molar-refractivity contribution in [1.82, 2.24) is 4.90 Å². The van der Waals surface area contributed by atoms with E-state index >= 15 is 0 Å². The third kappa shape index (κ3) is 4.62. The van der Waals surface area contributed by atoms with Gasteiger partial charge in [-0.1, -0.05) is 17.7 Å². The van der Waals surface area contributed by atoms with Crippen LogP contribution in [0.2, 0.25) is 5.02 Å². The van der Waals surface area contributed by atoms with Crippen molar-refractivity contribution in [2.75, 3.05) is 38.2 Å². The second kappa shape index (κ2) is 8.56. The lowest BCUT2D eigenvalue weighted by molar-refractivity contribution is -0.113. The number of aliphatic hydroxyl groups excluding tert-OH is 1. The molecule has 0 aliphatic carbocycles. The van der Waals surface area contributed by atoms with E-state index in [2.05, 4.69) is 5.32 Å². The molecule has 3 N–H and O–H groups in total. The molecule has 0 bridgehead atoms. The molecule has 8 heteroatoms. The summed E-state index contributed by atoms with van der Waals surface area (Å²) in [4.78, 5) is 14.2. The van der Waals surface area contributed by atoms with Crippen LogP contribution in [-0.4, -0.2) is 54.7 Å². The van der Waals surface area contributed by atoms with Crippen LogP contribution in [0.5, 0.6) is 0 Å². The number of benzene rings is 1. The topological polar surface area (TPSA) is 94.9 Å². The summed E-state index contributed by atoms with van der Waals surface area (Å²) in [5.41, 5.74) is 0.239. The van der Waals surface area contributed by atoms with E-state index in [9.17, 15) is 9.90 Å². The van der Waals surface area contributed by atoms with Crippen molar-refractivity contribution in [1.29, 1.82) is 5.41 Å². The maximum atomic E-state index is 12.6. The summed E-state index contributed by atoms with van der Waals surface area (Å²) in [6, 6.07) is 6.61. The molecular formula is C16H20ClN3O4. The normalized spacial score (nSPS) is 15.5. The molecule has 0 radical (unpaired) electrons. The molecule has 1 saturated heterocycles. The number of rotatable bonds is 5. The fourth-order valence-electron chi connectivity index (χ4n) is 2.22. The molecule has 2 rings (SSSR count). The summed E-state index contributed by atoms with van der Waals surface area (Å²) in [5.74, 6) is -1.32. The van der Waals surface area contributed by atoms with Gasteiger partial charge in [0.25, 0.3) is 11.9 Å². The molecule has 1 aromatic rings. The number of amides is 1. The number of hydrogen-bond donors (Lipinski definition) is 3. The number of anilines is 1. The molecule has 24 heavy (non-hydrogen) atoms. The van der Waals surface area contributed by atoms with Gasteiger partial charge in [0.1, 0.15) is 5.84 Å². The molecule has 1 aliphatic rings. The van der Waals surface area contributed by atoms with E-state index in [1.165, 1.54) is 0 Å². The van der Waals surface area contributed by atoms with Gasteiger partial charge in [-0.05, 0) is 25.1 Å². The third-order valence-corrected chi connectivity index (χ3v) is 3.60. The summed E-state index contributed by atoms with van der Waals surface area (Å²) < 4.78 is 10.3. The maximum absolute atomic E-state index is 12.6. The minimum atomic E-state index is -0.639. The van der Waals surface area contributed by atoms with Gasteiger partial charge in [-0.25, -0.2) is 0 Å². The second-order valence-electron chi connectivity index (χ2n) is 5.03. The number of hydrogen-bond acceptors (Lipinski definition) is 5. The number of nitrogens with one attached hydrogen (secondary N) is 2. The van der Waals surface area contributed by atoms with E-state index in [1.807, 2.05) is 0 Å². The predicted octanol–water partition coefficient (Wildman–Crippen LogP) is 2.39. The van der Waals surface area contributed by atoms with Gasteiger partial charge >= 0.3 is 0 Å². The summed E-state index contributed by atoms with van der Waals surface area (Å²) in [7, 11) is 0. The first-order valence-corrected chi connectivity index (χ1v) is 7.95. The van der Waals surface area contributed by atoms with Gasteiger partial charge in [-0.3, -0.25) is 10.2 Å². The molecule has 1 amide bonds. The van der Waals surface area contributed by atoms with Crippen molar-refractivity contribution >= 4 is 29.0 Å². The Morgan fingerprint density at radius 2 is 2.17 bits per heavy atom. The predicted molar refractivity (Wildman–Crippen MR) is 91.5 cm³/mol. The maximum Gasteiger partial charge on any atom is 0.293 e. The molecule has 1 aliphatic heterocycles. The number of halogens is 1. The molecule has 1 aromatic carbocycles. The molecule has 1 heterocycles. The Labute approximate surface area is 145 Å². The largest absolute Gasteiger partial charge is 0.480 e. The number of nitrogens with zero attached hydrogens (tertiary/aromatic N) is 1. The summed E-state index contributed by atoms with van der Waals surface area (Å²) in [6.45, 7) is 3.71. The number of ether oxygens (including phenoxy) is 2. The van der Waals surface area contributed by atoms with Crippen LogP contribution < -0.4 is 5.32 Å². The van der Waals surface area contributed by atoms with Crippen LogP contribution >= 0.6 is 11.6 Å². The molecule has 0 atom stereocenters. The summed E-state index contributed by atoms with van der Waals surface area (Å²) >= 11 is 5.90. The van der Waals surface area contributed by atoms with Crippen LogP contribution in [0.25, 0.3) is 0 Å². The molecule has 0 aromatic heterocycles. The highest BCUT2D eigenvalue weighted by Gasteiger charge is 2.27. The van der Waals surface area contributed by atoms with Gasteiger partial charge in [0.05, 0.1) is 19.8 Å². The smallest absolute Gasteiger partial charge is 0.293 e. The standard InChI is InChI=1S/C16H20ClN3O4/c1-2-24-16(22)13(14(18)20-6-8-23-9-7-20)15(21)19-12-5-3-4-11(17)10-12/h3-5,10,18,22H,2,6-9H2,1H3,(H,19,21). The van der Waals surface area contributed by atoms with Crippen LogP contribution in [0.1, 0.15) is 6.92 Å². The van der Waals surface area contributed by atoms with Crippen LogP contribution in [0.15, 0.2) is 35.8 Å². The van der Waals surface area contributed by atoms with Gasteiger partial charge in [-0.15, -0.1) is 0 Å². The van der Waals surface area contributed by atoms with Gasteiger partial charge in [0.2, 0.25) is 0 Å². The van der Waals surface area contributed by atoms with Crippen molar-refractivity contribution in [2.45, 2.75) is 6.92 Å². The quantitative estimate of drug-likeness (QED) is 0.327. The summed E-state index contributed by atoms with van der Waals surface area (Å²) in [5, 5.41) is 21.4. The Morgan fingerprint density at radius 1 is 1.46 bits per heavy atom. The van der Waals surface area contributed by atoms with Gasteiger partial charge in [0, 0.05) is 23.8 Å². The van der Waals surface area contributed by atoms with Crippen LogP contribution in [0, 0.1) is 5.41 Å². The van der Waals surface area contributed by atoms with E-state index in [-0.39, 0.29) is 18.0 Å². The highest BCUT2D eigenvalue weighted by atomic mass is 35.5. The first-order valence-electron chi connectivity index (χ1n) is 7.57. The second-order valence-corrected chi connectivity index (χ2v) is 5.46. The van der Waals surface area contributed by atoms with E-state index in [4.69, 9.17) is 26.5 Å². The van der Waals surface area contributed by atoms with Crippen molar-refractivity contribution in [3.05, 3.63) is 40.8 Å². The lowest BCUT2D eigenvalue weighted by atomic mass is 10.2. The van der Waals surface area contributed by atoms with Crippen molar-refractivity contribution in [3.8, 4) is 0 Å². The molecule has 0 unspecified atom stereocenters. The average molecular weight is 354 g/mol. The Balaban J connectivity index is 2.23. The minimum absolute atomic E-state index is 0.108. The number of carbonyl (C=O) groups excluding carboxylic acids is 1. The van der Waals surface area contributed by atoms with Crippen molar-refractivity contribution in [3.63, 3.8) is 0 Å².